The molecule has 0 radical (unpaired) electrons. The maximum absolute atomic E-state index is 13.2. The van der Waals surface area contributed by atoms with Crippen LogP contribution in [0.15, 0.2) is 48.5 Å². The first-order chi connectivity index (χ1) is 14.4. The summed E-state index contributed by atoms with van der Waals surface area (Å²) in [5, 5.41) is 9.68. The third kappa shape index (κ3) is 4.56. The Bertz CT molecular complexity index is 910. The van der Waals surface area contributed by atoms with Crippen molar-refractivity contribution < 1.29 is 36.2 Å². The number of nitrogens with zero attached hydrogens (tertiary/aromatic N) is 1. The molecule has 3 rings (SSSR count). The molecule has 1 aliphatic rings. The van der Waals surface area contributed by atoms with Crippen LogP contribution in [0.2, 0.25) is 0 Å². The predicted molar refractivity (Wildman–Crippen MR) is 103 cm³/mol. The van der Waals surface area contributed by atoms with Crippen LogP contribution in [0, 0.1) is 0 Å². The third-order valence-corrected chi connectivity index (χ3v) is 5.46. The van der Waals surface area contributed by atoms with E-state index in [1.807, 2.05) is 30.3 Å². The molecule has 0 aliphatic carbocycles. The average Bonchev–Trinajstić information content (AvgIpc) is 2.92. The van der Waals surface area contributed by atoms with E-state index in [0.29, 0.717) is 31.9 Å². The first-order valence-corrected chi connectivity index (χ1v) is 9.78. The van der Waals surface area contributed by atoms with E-state index in [1.54, 1.807) is 0 Å². The highest BCUT2D eigenvalue weighted by Crippen LogP contribution is 2.50. The molecule has 0 saturated carbocycles. The summed E-state index contributed by atoms with van der Waals surface area (Å²) in [6.45, 7) is 0.322. The van der Waals surface area contributed by atoms with Gasteiger partial charge in [0.2, 0.25) is 5.91 Å². The van der Waals surface area contributed by atoms with Crippen LogP contribution in [0.3, 0.4) is 0 Å². The molecule has 0 fully saturated rings. The van der Waals surface area contributed by atoms with E-state index in [2.05, 4.69) is 0 Å². The highest BCUT2D eigenvalue weighted by Gasteiger charge is 2.71. The fraction of sp³-hybridized carbons (Fsp3) is 0.409. The highest BCUT2D eigenvalue weighted by atomic mass is 19.4. The number of benzene rings is 2. The van der Waals surface area contributed by atoms with Crippen LogP contribution in [0.5, 0.6) is 0 Å². The van der Waals surface area contributed by atoms with Gasteiger partial charge in [-0.25, -0.2) is 0 Å². The molecule has 1 aliphatic heterocycles. The zero-order chi connectivity index (χ0) is 22.9. The molecular weight excluding hydrogens is 424 g/mol. The Labute approximate surface area is 175 Å². The number of halogens is 6. The van der Waals surface area contributed by atoms with E-state index in [1.165, 1.54) is 4.90 Å². The Balaban J connectivity index is 1.92. The van der Waals surface area contributed by atoms with Crippen molar-refractivity contribution in [2.45, 2.75) is 50.1 Å². The standard InChI is InChI=1S/C22H21F6NO2/c23-21(24,25)20(31,22(26,27)28)17-10-11-18-16(14-17)8-4-5-13-29(18)19(30)12-9-15-6-2-1-3-7-15/h1-3,6-7,10-11,14,31H,4-5,8-9,12-13H2. The molecule has 9 heteroatoms. The molecule has 0 saturated heterocycles. The largest absolute Gasteiger partial charge is 0.430 e. The van der Waals surface area contributed by atoms with Gasteiger partial charge in [-0.2, -0.15) is 26.3 Å². The fourth-order valence-electron chi connectivity index (χ4n) is 3.76. The summed E-state index contributed by atoms with van der Waals surface area (Å²) in [5.41, 5.74) is -4.88. The summed E-state index contributed by atoms with van der Waals surface area (Å²) in [7, 11) is 0. The second kappa shape index (κ2) is 8.53. The maximum atomic E-state index is 13.2. The lowest BCUT2D eigenvalue weighted by atomic mass is 9.89. The summed E-state index contributed by atoms with van der Waals surface area (Å²) < 4.78 is 79.4. The van der Waals surface area contributed by atoms with Crippen molar-refractivity contribution in [3.05, 3.63) is 65.2 Å². The van der Waals surface area contributed by atoms with Gasteiger partial charge in [-0.05, 0) is 42.9 Å². The summed E-state index contributed by atoms with van der Waals surface area (Å²) in [5.74, 6) is -0.262. The number of carbonyl (C=O) groups excluding carboxylic acids is 1. The summed E-state index contributed by atoms with van der Waals surface area (Å²) >= 11 is 0. The molecule has 0 aromatic heterocycles. The van der Waals surface area contributed by atoms with Gasteiger partial charge in [-0.1, -0.05) is 42.5 Å². The van der Waals surface area contributed by atoms with Gasteiger partial charge in [0, 0.05) is 24.2 Å². The Hall–Kier alpha value is -2.55. The van der Waals surface area contributed by atoms with Gasteiger partial charge in [0.05, 0.1) is 0 Å². The number of fused-ring (bicyclic) bond motifs is 1. The van der Waals surface area contributed by atoms with Gasteiger partial charge in [0.15, 0.2) is 0 Å². The molecule has 2 aromatic carbocycles. The van der Waals surface area contributed by atoms with Crippen LogP contribution >= 0.6 is 0 Å². The number of hydrogen-bond acceptors (Lipinski definition) is 2. The molecule has 0 atom stereocenters. The van der Waals surface area contributed by atoms with Crippen LogP contribution in [-0.4, -0.2) is 29.9 Å². The van der Waals surface area contributed by atoms with Crippen LogP contribution in [-0.2, 0) is 23.2 Å². The van der Waals surface area contributed by atoms with E-state index in [-0.39, 0.29) is 30.0 Å². The summed E-state index contributed by atoms with van der Waals surface area (Å²) in [4.78, 5) is 14.2. The van der Waals surface area contributed by atoms with Crippen molar-refractivity contribution in [2.24, 2.45) is 0 Å². The van der Waals surface area contributed by atoms with Crippen molar-refractivity contribution in [3.63, 3.8) is 0 Å². The van der Waals surface area contributed by atoms with Gasteiger partial charge < -0.3 is 10.0 Å². The lowest BCUT2D eigenvalue weighted by Crippen LogP contribution is -2.54. The van der Waals surface area contributed by atoms with Gasteiger partial charge in [-0.3, -0.25) is 4.79 Å². The first-order valence-electron chi connectivity index (χ1n) is 9.78. The minimum atomic E-state index is -5.95. The van der Waals surface area contributed by atoms with Crippen LogP contribution in [0.25, 0.3) is 0 Å². The third-order valence-electron chi connectivity index (χ3n) is 5.46. The Morgan fingerprint density at radius 2 is 1.58 bits per heavy atom. The van der Waals surface area contributed by atoms with Crippen molar-refractivity contribution >= 4 is 11.6 Å². The number of hydrogen-bond donors (Lipinski definition) is 1. The Morgan fingerprint density at radius 1 is 0.935 bits per heavy atom. The molecule has 0 unspecified atom stereocenters. The van der Waals surface area contributed by atoms with Gasteiger partial charge >= 0.3 is 12.4 Å². The quantitative estimate of drug-likeness (QED) is 0.649. The molecule has 0 spiro atoms. The number of anilines is 1. The van der Waals surface area contributed by atoms with Crippen molar-refractivity contribution in [3.8, 4) is 0 Å². The van der Waals surface area contributed by atoms with Gasteiger partial charge in [-0.15, -0.1) is 0 Å². The molecule has 0 bridgehead atoms. The monoisotopic (exact) mass is 445 g/mol. The van der Waals surface area contributed by atoms with Crippen molar-refractivity contribution in [1.82, 2.24) is 0 Å². The van der Waals surface area contributed by atoms with E-state index < -0.39 is 23.5 Å². The van der Waals surface area contributed by atoms with E-state index >= 15 is 0 Å². The lowest BCUT2D eigenvalue weighted by Gasteiger charge is -2.33. The number of amides is 1. The average molecular weight is 445 g/mol. The number of rotatable bonds is 4. The zero-order valence-corrected chi connectivity index (χ0v) is 16.4. The number of alkyl halides is 6. The molecule has 1 N–H and O–H groups in total. The van der Waals surface area contributed by atoms with Gasteiger partial charge in [0.1, 0.15) is 0 Å². The van der Waals surface area contributed by atoms with Crippen molar-refractivity contribution in [1.29, 1.82) is 0 Å². The minimum Gasteiger partial charge on any atom is -0.369 e. The van der Waals surface area contributed by atoms with Crippen LogP contribution in [0.4, 0.5) is 32.0 Å². The number of carbonyl (C=O) groups is 1. The predicted octanol–water partition coefficient (Wildman–Crippen LogP) is 5.30. The molecular formula is C22H21F6NO2. The molecule has 3 nitrogen and oxygen atoms in total. The maximum Gasteiger partial charge on any atom is 0.430 e. The zero-order valence-electron chi connectivity index (χ0n) is 16.4. The van der Waals surface area contributed by atoms with E-state index in [4.69, 9.17) is 0 Å². The van der Waals surface area contributed by atoms with Crippen LogP contribution in [0.1, 0.15) is 36.0 Å². The number of aryl methyl sites for hydroxylation is 2. The lowest BCUT2D eigenvalue weighted by molar-refractivity contribution is -0.376. The second-order valence-corrected chi connectivity index (χ2v) is 7.54. The van der Waals surface area contributed by atoms with E-state index in [9.17, 15) is 36.2 Å². The fourth-order valence-corrected chi connectivity index (χ4v) is 3.76. The number of aliphatic hydroxyl groups is 1. The molecule has 168 valence electrons. The van der Waals surface area contributed by atoms with Crippen molar-refractivity contribution in [2.75, 3.05) is 11.4 Å². The topological polar surface area (TPSA) is 40.5 Å². The SMILES string of the molecule is O=C(CCc1ccccc1)N1CCCCc2cc(C(O)(C(F)(F)F)C(F)(F)F)ccc21. The smallest absolute Gasteiger partial charge is 0.369 e. The van der Waals surface area contributed by atoms with Gasteiger partial charge in [0.25, 0.3) is 5.60 Å². The molecule has 1 heterocycles. The van der Waals surface area contributed by atoms with E-state index in [0.717, 1.165) is 17.7 Å². The van der Waals surface area contributed by atoms with Crippen LogP contribution < -0.4 is 4.90 Å². The Morgan fingerprint density at radius 3 is 2.19 bits per heavy atom. The second-order valence-electron chi connectivity index (χ2n) is 7.54. The highest BCUT2D eigenvalue weighted by molar-refractivity contribution is 5.94. The first kappa shape index (κ1) is 23.1. The summed E-state index contributed by atoms with van der Waals surface area (Å²) in [6, 6.07) is 11.6. The normalized spacial score (nSPS) is 15.4. The molecule has 2 aromatic rings. The summed E-state index contributed by atoms with van der Waals surface area (Å²) in [6.07, 6.45) is -10.0. The molecule has 1 amide bonds. The molecule has 31 heavy (non-hydrogen) atoms. The minimum absolute atomic E-state index is 0.153. The Kier molecular flexibility index (Phi) is 6.36.